The van der Waals surface area contributed by atoms with Crippen molar-refractivity contribution in [2.24, 2.45) is 0 Å². The van der Waals surface area contributed by atoms with E-state index in [0.29, 0.717) is 0 Å². The number of aryl methyl sites for hydroxylation is 1. The maximum absolute atomic E-state index is 11.7. The molecule has 0 spiro atoms. The summed E-state index contributed by atoms with van der Waals surface area (Å²) >= 11 is 0. The third-order valence-electron chi connectivity index (χ3n) is 3.19. The Labute approximate surface area is 127 Å². The third-order valence-corrected chi connectivity index (χ3v) is 3.19. The first kappa shape index (κ1) is 17.6. The van der Waals surface area contributed by atoms with Gasteiger partial charge in [0.1, 0.15) is 17.9 Å². The Morgan fingerprint density at radius 3 is 2.59 bits per heavy atom. The number of amides is 1. The van der Waals surface area contributed by atoms with Gasteiger partial charge in [-0.2, -0.15) is 5.10 Å². The second kappa shape index (κ2) is 7.53. The largest absolute Gasteiger partial charge is 0.454 e. The second-order valence-corrected chi connectivity index (χ2v) is 4.97. The minimum absolute atomic E-state index is 0.00450. The van der Waals surface area contributed by atoms with Gasteiger partial charge in [0.15, 0.2) is 6.61 Å². The van der Waals surface area contributed by atoms with Gasteiger partial charge in [-0.1, -0.05) is 6.92 Å². The summed E-state index contributed by atoms with van der Waals surface area (Å²) in [5, 5.41) is 17.5. The van der Waals surface area contributed by atoms with Gasteiger partial charge in [-0.3, -0.25) is 24.4 Å². The number of nitrogens with zero attached hydrogens (tertiary/aromatic N) is 3. The quantitative estimate of drug-likeness (QED) is 0.453. The molecule has 1 N–H and O–H groups in total. The molecule has 1 amide bonds. The molecule has 122 valence electrons. The molecule has 0 saturated heterocycles. The number of hydrogen-bond donors (Lipinski definition) is 1. The average molecular weight is 312 g/mol. The summed E-state index contributed by atoms with van der Waals surface area (Å²) < 4.78 is 6.03. The summed E-state index contributed by atoms with van der Waals surface area (Å²) in [7, 11) is 0. The standard InChI is InChI=1S/C13H20N4O5/c1-5-8(2)14-11(18)7-22-12(19)6-16-10(4)13(17(20)21)9(3)15-16/h8H,5-7H2,1-4H3,(H,14,18)/t8-/m1/s1. The van der Waals surface area contributed by atoms with E-state index in [1.807, 2.05) is 13.8 Å². The first-order valence-corrected chi connectivity index (χ1v) is 6.89. The van der Waals surface area contributed by atoms with Gasteiger partial charge >= 0.3 is 11.7 Å². The minimum Gasteiger partial charge on any atom is -0.454 e. The Balaban J connectivity index is 2.58. The topological polar surface area (TPSA) is 116 Å². The van der Waals surface area contributed by atoms with E-state index >= 15 is 0 Å². The van der Waals surface area contributed by atoms with E-state index in [1.54, 1.807) is 0 Å². The fourth-order valence-electron chi connectivity index (χ4n) is 1.84. The monoisotopic (exact) mass is 312 g/mol. The molecule has 1 aromatic rings. The number of aromatic nitrogens is 2. The predicted octanol–water partition coefficient (Wildman–Crippen LogP) is 0.866. The Morgan fingerprint density at radius 2 is 2.09 bits per heavy atom. The van der Waals surface area contributed by atoms with Gasteiger partial charge in [0.05, 0.1) is 4.92 Å². The predicted molar refractivity (Wildman–Crippen MR) is 77.2 cm³/mol. The van der Waals surface area contributed by atoms with Crippen molar-refractivity contribution in [3.63, 3.8) is 0 Å². The van der Waals surface area contributed by atoms with Gasteiger partial charge in [-0.05, 0) is 27.2 Å². The van der Waals surface area contributed by atoms with Crippen LogP contribution in [0.2, 0.25) is 0 Å². The lowest BCUT2D eigenvalue weighted by atomic mass is 10.2. The molecule has 22 heavy (non-hydrogen) atoms. The first-order valence-electron chi connectivity index (χ1n) is 6.89. The number of rotatable bonds is 7. The summed E-state index contributed by atoms with van der Waals surface area (Å²) in [6.45, 7) is 6.09. The molecule has 0 aliphatic rings. The van der Waals surface area contributed by atoms with Gasteiger partial charge in [-0.15, -0.1) is 0 Å². The van der Waals surface area contributed by atoms with Crippen LogP contribution in [0.4, 0.5) is 5.69 Å². The van der Waals surface area contributed by atoms with Crippen LogP contribution in [0, 0.1) is 24.0 Å². The Morgan fingerprint density at radius 1 is 1.45 bits per heavy atom. The molecule has 0 bridgehead atoms. The Kier molecular flexibility index (Phi) is 6.02. The molecule has 1 rings (SSSR count). The van der Waals surface area contributed by atoms with E-state index in [1.165, 1.54) is 18.5 Å². The lowest BCUT2D eigenvalue weighted by Crippen LogP contribution is -2.35. The molecule has 1 atom stereocenters. The van der Waals surface area contributed by atoms with Crippen molar-refractivity contribution in [2.75, 3.05) is 6.61 Å². The lowest BCUT2D eigenvalue weighted by Gasteiger charge is -2.11. The molecule has 0 aliphatic heterocycles. The molecule has 9 heteroatoms. The third kappa shape index (κ3) is 4.54. The van der Waals surface area contributed by atoms with Crippen LogP contribution in [0.25, 0.3) is 0 Å². The number of nitrogens with one attached hydrogen (secondary N) is 1. The van der Waals surface area contributed by atoms with Crippen molar-refractivity contribution in [1.29, 1.82) is 0 Å². The van der Waals surface area contributed by atoms with E-state index in [0.717, 1.165) is 6.42 Å². The molecule has 0 unspecified atom stereocenters. The SMILES string of the molecule is CC[C@@H](C)NC(=O)COC(=O)Cn1nc(C)c([N+](=O)[O-])c1C. The van der Waals surface area contributed by atoms with E-state index in [9.17, 15) is 19.7 Å². The minimum atomic E-state index is -0.681. The molecule has 0 saturated carbocycles. The molecule has 1 aromatic heterocycles. The zero-order chi connectivity index (χ0) is 16.9. The van der Waals surface area contributed by atoms with Crippen molar-refractivity contribution in [3.8, 4) is 0 Å². The first-order chi connectivity index (χ1) is 10.3. The van der Waals surface area contributed by atoms with Gasteiger partial charge in [0.25, 0.3) is 5.91 Å². The summed E-state index contributed by atoms with van der Waals surface area (Å²) in [4.78, 5) is 33.5. The van der Waals surface area contributed by atoms with Crippen LogP contribution in [-0.4, -0.2) is 39.2 Å². The maximum Gasteiger partial charge on any atom is 0.328 e. The van der Waals surface area contributed by atoms with Crippen LogP contribution in [-0.2, 0) is 20.9 Å². The normalized spacial score (nSPS) is 11.8. The highest BCUT2D eigenvalue weighted by molar-refractivity contribution is 5.80. The number of carbonyl (C=O) groups excluding carboxylic acids is 2. The van der Waals surface area contributed by atoms with Crippen molar-refractivity contribution < 1.29 is 19.2 Å². The van der Waals surface area contributed by atoms with Crippen LogP contribution in [0.1, 0.15) is 31.7 Å². The van der Waals surface area contributed by atoms with E-state index in [2.05, 4.69) is 10.4 Å². The van der Waals surface area contributed by atoms with Crippen LogP contribution in [0.3, 0.4) is 0 Å². The Hall–Kier alpha value is -2.45. The lowest BCUT2D eigenvalue weighted by molar-refractivity contribution is -0.386. The van der Waals surface area contributed by atoms with Gasteiger partial charge in [0.2, 0.25) is 0 Å². The van der Waals surface area contributed by atoms with Crippen LogP contribution in [0.5, 0.6) is 0 Å². The van der Waals surface area contributed by atoms with Crippen LogP contribution in [0.15, 0.2) is 0 Å². The number of esters is 1. The fraction of sp³-hybridized carbons (Fsp3) is 0.615. The highest BCUT2D eigenvalue weighted by Crippen LogP contribution is 2.21. The smallest absolute Gasteiger partial charge is 0.328 e. The van der Waals surface area contributed by atoms with Crippen LogP contribution < -0.4 is 5.32 Å². The van der Waals surface area contributed by atoms with E-state index in [-0.39, 0.29) is 42.2 Å². The maximum atomic E-state index is 11.7. The van der Waals surface area contributed by atoms with Crippen molar-refractivity contribution >= 4 is 17.6 Å². The molecule has 0 fully saturated rings. The molecule has 9 nitrogen and oxygen atoms in total. The van der Waals surface area contributed by atoms with Gasteiger partial charge < -0.3 is 10.1 Å². The summed E-state index contributed by atoms with van der Waals surface area (Å²) in [5.41, 5.74) is 0.371. The number of carbonyl (C=O) groups is 2. The summed E-state index contributed by atoms with van der Waals surface area (Å²) in [6, 6.07) is 0.00450. The average Bonchev–Trinajstić information content (AvgIpc) is 2.70. The molecule has 1 heterocycles. The number of nitro groups is 1. The second-order valence-electron chi connectivity index (χ2n) is 4.97. The van der Waals surface area contributed by atoms with E-state index < -0.39 is 10.9 Å². The Bertz CT molecular complexity index is 581. The van der Waals surface area contributed by atoms with Crippen molar-refractivity contribution in [1.82, 2.24) is 15.1 Å². The van der Waals surface area contributed by atoms with Gasteiger partial charge in [0, 0.05) is 6.04 Å². The zero-order valence-corrected chi connectivity index (χ0v) is 13.1. The molecule has 0 aromatic carbocycles. The van der Waals surface area contributed by atoms with Crippen LogP contribution >= 0.6 is 0 Å². The molecular formula is C13H20N4O5. The fourth-order valence-corrected chi connectivity index (χ4v) is 1.84. The van der Waals surface area contributed by atoms with Gasteiger partial charge in [-0.25, -0.2) is 0 Å². The van der Waals surface area contributed by atoms with Crippen molar-refractivity contribution in [3.05, 3.63) is 21.5 Å². The summed E-state index contributed by atoms with van der Waals surface area (Å²) in [6.07, 6.45) is 0.773. The molecule has 0 radical (unpaired) electrons. The highest BCUT2D eigenvalue weighted by Gasteiger charge is 2.23. The number of ether oxygens (including phenoxy) is 1. The van der Waals surface area contributed by atoms with Crippen molar-refractivity contribution in [2.45, 2.75) is 46.7 Å². The molecule has 0 aliphatic carbocycles. The molecular weight excluding hydrogens is 292 g/mol. The number of hydrogen-bond acceptors (Lipinski definition) is 6. The summed E-state index contributed by atoms with van der Waals surface area (Å²) in [5.74, 6) is -1.07. The van der Waals surface area contributed by atoms with E-state index in [4.69, 9.17) is 4.74 Å². The highest BCUT2D eigenvalue weighted by atomic mass is 16.6. The zero-order valence-electron chi connectivity index (χ0n) is 13.1.